The predicted octanol–water partition coefficient (Wildman–Crippen LogP) is 4.48. The number of hydrogen-bond acceptors (Lipinski definition) is 2. The molecule has 0 spiro atoms. The summed E-state index contributed by atoms with van der Waals surface area (Å²) in [5.74, 6) is 1.60. The Morgan fingerprint density at radius 1 is 1.05 bits per heavy atom. The van der Waals surface area contributed by atoms with E-state index in [0.717, 1.165) is 32.3 Å². The molecule has 0 bridgehead atoms. The van der Waals surface area contributed by atoms with Gasteiger partial charge in [-0.3, -0.25) is 0 Å². The summed E-state index contributed by atoms with van der Waals surface area (Å²) < 4.78 is 1.04. The fourth-order valence-electron chi connectivity index (χ4n) is 1.95. The van der Waals surface area contributed by atoms with Gasteiger partial charge in [0.15, 0.2) is 5.82 Å². The zero-order chi connectivity index (χ0) is 13.9. The number of benzene rings is 2. The molecule has 0 aliphatic carbocycles. The van der Waals surface area contributed by atoms with Crippen LogP contribution in [0.3, 0.4) is 0 Å². The average Bonchev–Trinajstić information content (AvgIpc) is 2.88. The molecule has 3 nitrogen and oxygen atoms in total. The number of aromatic amines is 1. The van der Waals surface area contributed by atoms with Crippen molar-refractivity contribution < 1.29 is 0 Å². The van der Waals surface area contributed by atoms with Crippen LogP contribution in [0.5, 0.6) is 0 Å². The smallest absolute Gasteiger partial charge is 0.161 e. The average molecular weight is 349 g/mol. The van der Waals surface area contributed by atoms with E-state index < -0.39 is 0 Å². The zero-order valence-corrected chi connectivity index (χ0v) is 12.8. The van der Waals surface area contributed by atoms with Gasteiger partial charge in [0.05, 0.1) is 0 Å². The van der Waals surface area contributed by atoms with Crippen molar-refractivity contribution in [1.29, 1.82) is 0 Å². The van der Waals surface area contributed by atoms with E-state index in [1.165, 1.54) is 0 Å². The van der Waals surface area contributed by atoms with Crippen LogP contribution in [0.4, 0.5) is 0 Å². The van der Waals surface area contributed by atoms with Crippen molar-refractivity contribution >= 4 is 27.5 Å². The lowest BCUT2D eigenvalue weighted by Gasteiger charge is -1.98. The highest BCUT2D eigenvalue weighted by Crippen LogP contribution is 2.19. The van der Waals surface area contributed by atoms with Crippen molar-refractivity contribution in [3.8, 4) is 11.4 Å². The number of halogens is 2. The molecular formula is C15H11BrClN3. The van der Waals surface area contributed by atoms with Crippen molar-refractivity contribution in [2.24, 2.45) is 0 Å². The molecule has 20 heavy (non-hydrogen) atoms. The molecule has 0 atom stereocenters. The molecule has 3 rings (SSSR count). The summed E-state index contributed by atoms with van der Waals surface area (Å²) in [4.78, 5) is 3.24. The Morgan fingerprint density at radius 2 is 1.85 bits per heavy atom. The Balaban J connectivity index is 1.82. The molecule has 0 aliphatic heterocycles. The first-order chi connectivity index (χ1) is 9.70. The number of rotatable bonds is 3. The Kier molecular flexibility index (Phi) is 3.85. The van der Waals surface area contributed by atoms with E-state index in [1.54, 1.807) is 0 Å². The fraction of sp³-hybridized carbons (Fsp3) is 0.0667. The maximum absolute atomic E-state index is 5.98. The maximum atomic E-state index is 5.98. The van der Waals surface area contributed by atoms with E-state index in [2.05, 4.69) is 31.1 Å². The normalized spacial score (nSPS) is 10.7. The van der Waals surface area contributed by atoms with Crippen molar-refractivity contribution in [1.82, 2.24) is 15.2 Å². The minimum atomic E-state index is 0.685. The number of nitrogens with one attached hydrogen (secondary N) is 1. The van der Waals surface area contributed by atoms with Crippen molar-refractivity contribution in [3.05, 3.63) is 69.4 Å². The van der Waals surface area contributed by atoms with Crippen LogP contribution < -0.4 is 0 Å². The summed E-state index contributed by atoms with van der Waals surface area (Å²) >= 11 is 9.39. The first-order valence-corrected chi connectivity index (χ1v) is 7.30. The first kappa shape index (κ1) is 13.3. The molecule has 1 heterocycles. The predicted molar refractivity (Wildman–Crippen MR) is 83.8 cm³/mol. The molecule has 5 heteroatoms. The van der Waals surface area contributed by atoms with Gasteiger partial charge in [-0.1, -0.05) is 51.8 Å². The lowest BCUT2D eigenvalue weighted by Crippen LogP contribution is -1.90. The summed E-state index contributed by atoms with van der Waals surface area (Å²) in [6.45, 7) is 0. The molecule has 0 unspecified atom stereocenters. The quantitative estimate of drug-likeness (QED) is 0.758. The van der Waals surface area contributed by atoms with Gasteiger partial charge in [-0.15, -0.1) is 10.2 Å². The van der Waals surface area contributed by atoms with E-state index in [4.69, 9.17) is 11.6 Å². The van der Waals surface area contributed by atoms with Crippen molar-refractivity contribution in [2.75, 3.05) is 0 Å². The highest BCUT2D eigenvalue weighted by atomic mass is 79.9. The second kappa shape index (κ2) is 5.77. The van der Waals surface area contributed by atoms with E-state index in [9.17, 15) is 0 Å². The summed E-state index contributed by atoms with van der Waals surface area (Å²) in [6.07, 6.45) is 0.685. The van der Waals surface area contributed by atoms with Crippen molar-refractivity contribution in [2.45, 2.75) is 6.42 Å². The molecule has 0 amide bonds. The van der Waals surface area contributed by atoms with E-state index in [-0.39, 0.29) is 0 Å². The molecule has 0 saturated carbocycles. The van der Waals surface area contributed by atoms with Crippen LogP contribution in [-0.4, -0.2) is 15.2 Å². The van der Waals surface area contributed by atoms with Crippen molar-refractivity contribution in [3.63, 3.8) is 0 Å². The van der Waals surface area contributed by atoms with Crippen LogP contribution in [0, 0.1) is 0 Å². The third-order valence-electron chi connectivity index (χ3n) is 2.91. The van der Waals surface area contributed by atoms with Crippen LogP contribution in [-0.2, 0) is 6.42 Å². The molecule has 100 valence electrons. The number of nitrogens with zero attached hydrogens (tertiary/aromatic N) is 2. The lowest BCUT2D eigenvalue weighted by molar-refractivity contribution is 0.973. The zero-order valence-electron chi connectivity index (χ0n) is 10.5. The fourth-order valence-corrected chi connectivity index (χ4v) is 2.43. The SMILES string of the molecule is Clc1cccc(Cc2nnc(-c3ccc(Br)cc3)[nH]2)c1. The molecule has 0 fully saturated rings. The molecule has 0 radical (unpaired) electrons. The molecule has 0 aliphatic rings. The third-order valence-corrected chi connectivity index (χ3v) is 3.68. The first-order valence-electron chi connectivity index (χ1n) is 6.13. The third kappa shape index (κ3) is 3.08. The summed E-state index contributed by atoms with van der Waals surface area (Å²) in [7, 11) is 0. The number of hydrogen-bond donors (Lipinski definition) is 1. The molecule has 2 aromatic carbocycles. The Bertz CT molecular complexity index is 722. The van der Waals surface area contributed by atoms with E-state index in [1.807, 2.05) is 48.5 Å². The van der Waals surface area contributed by atoms with Crippen LogP contribution in [0.1, 0.15) is 11.4 Å². The maximum Gasteiger partial charge on any atom is 0.161 e. The van der Waals surface area contributed by atoms with Gasteiger partial charge in [0.25, 0.3) is 0 Å². The molecular weight excluding hydrogens is 338 g/mol. The Morgan fingerprint density at radius 3 is 2.60 bits per heavy atom. The van der Waals surface area contributed by atoms with E-state index in [0.29, 0.717) is 6.42 Å². The summed E-state index contributed by atoms with van der Waals surface area (Å²) in [5, 5.41) is 9.09. The van der Waals surface area contributed by atoms with Gasteiger partial charge in [-0.2, -0.15) is 0 Å². The van der Waals surface area contributed by atoms with Gasteiger partial charge in [-0.05, 0) is 29.8 Å². The standard InChI is InChI=1S/C15H11BrClN3/c16-12-6-4-11(5-7-12)15-18-14(19-20-15)9-10-2-1-3-13(17)8-10/h1-8H,9H2,(H,18,19,20). The summed E-state index contributed by atoms with van der Waals surface area (Å²) in [6, 6.07) is 15.7. The highest BCUT2D eigenvalue weighted by Gasteiger charge is 2.06. The Hall–Kier alpha value is -1.65. The van der Waals surface area contributed by atoms with Crippen LogP contribution >= 0.6 is 27.5 Å². The minimum Gasteiger partial charge on any atom is -0.325 e. The van der Waals surface area contributed by atoms with Gasteiger partial charge in [0.2, 0.25) is 0 Å². The van der Waals surface area contributed by atoms with E-state index >= 15 is 0 Å². The second-order valence-corrected chi connectivity index (χ2v) is 5.79. The Labute approximate surface area is 130 Å². The molecule has 1 N–H and O–H groups in total. The highest BCUT2D eigenvalue weighted by molar-refractivity contribution is 9.10. The number of H-pyrrole nitrogens is 1. The van der Waals surface area contributed by atoms with Gasteiger partial charge < -0.3 is 4.98 Å². The summed E-state index contributed by atoms with van der Waals surface area (Å²) in [5.41, 5.74) is 2.12. The minimum absolute atomic E-state index is 0.685. The van der Waals surface area contributed by atoms with Crippen LogP contribution in [0.25, 0.3) is 11.4 Å². The monoisotopic (exact) mass is 347 g/mol. The van der Waals surface area contributed by atoms with Gasteiger partial charge >= 0.3 is 0 Å². The van der Waals surface area contributed by atoms with Gasteiger partial charge in [-0.25, -0.2) is 0 Å². The van der Waals surface area contributed by atoms with Gasteiger partial charge in [0, 0.05) is 21.5 Å². The molecule has 0 saturated heterocycles. The number of aromatic nitrogens is 3. The molecule has 1 aromatic heterocycles. The lowest BCUT2D eigenvalue weighted by atomic mass is 10.1. The largest absolute Gasteiger partial charge is 0.325 e. The van der Waals surface area contributed by atoms with Crippen LogP contribution in [0.15, 0.2) is 53.0 Å². The van der Waals surface area contributed by atoms with Gasteiger partial charge in [0.1, 0.15) is 5.82 Å². The topological polar surface area (TPSA) is 41.6 Å². The second-order valence-electron chi connectivity index (χ2n) is 4.43. The molecule has 3 aromatic rings. The van der Waals surface area contributed by atoms with Crippen LogP contribution in [0.2, 0.25) is 5.02 Å².